The van der Waals surface area contributed by atoms with Gasteiger partial charge in [0.2, 0.25) is 5.89 Å². The summed E-state index contributed by atoms with van der Waals surface area (Å²) in [4.78, 5) is 6.65. The Hall–Kier alpha value is -1.72. The van der Waals surface area contributed by atoms with Crippen molar-refractivity contribution in [3.05, 3.63) is 47.1 Å². The number of hydrogen-bond acceptors (Lipinski definition) is 5. The van der Waals surface area contributed by atoms with E-state index >= 15 is 0 Å². The summed E-state index contributed by atoms with van der Waals surface area (Å²) in [6.45, 7) is 5.67. The Bertz CT molecular complexity index is 609. The molecule has 5 heteroatoms. The Balaban J connectivity index is 1.79. The first-order valence-corrected chi connectivity index (χ1v) is 7.44. The fourth-order valence-corrected chi connectivity index (χ4v) is 2.85. The zero-order valence-electron chi connectivity index (χ0n) is 12.5. The van der Waals surface area contributed by atoms with E-state index in [2.05, 4.69) is 33.2 Å². The summed E-state index contributed by atoms with van der Waals surface area (Å²) in [6.07, 6.45) is 0.988. The maximum Gasteiger partial charge on any atom is 0.229 e. The topological polar surface area (TPSA) is 62.4 Å². The minimum absolute atomic E-state index is 0.0101. The smallest absolute Gasteiger partial charge is 0.229 e. The highest BCUT2D eigenvalue weighted by Gasteiger charge is 2.27. The highest BCUT2D eigenvalue weighted by molar-refractivity contribution is 5.32. The predicted octanol–water partition coefficient (Wildman–Crippen LogP) is 2.28. The normalized spacial score (nSPS) is 19.0. The molecule has 1 unspecified atom stereocenters. The third kappa shape index (κ3) is 2.84. The number of benzene rings is 1. The molecule has 1 N–H and O–H groups in total. The summed E-state index contributed by atoms with van der Waals surface area (Å²) < 4.78 is 5.26. The number of fused-ring (bicyclic) bond motifs is 1. The lowest BCUT2D eigenvalue weighted by Crippen LogP contribution is -2.37. The van der Waals surface area contributed by atoms with Gasteiger partial charge >= 0.3 is 0 Å². The highest BCUT2D eigenvalue weighted by Crippen LogP contribution is 2.30. The number of aromatic nitrogens is 2. The first kappa shape index (κ1) is 14.2. The summed E-state index contributed by atoms with van der Waals surface area (Å²) in [5, 5.41) is 13.8. The average molecular weight is 287 g/mol. The summed E-state index contributed by atoms with van der Waals surface area (Å²) in [5.41, 5.74) is 2.53. The first-order valence-electron chi connectivity index (χ1n) is 7.44. The molecule has 0 spiro atoms. The third-order valence-electron chi connectivity index (χ3n) is 4.02. The van der Waals surface area contributed by atoms with Crippen molar-refractivity contribution in [1.82, 2.24) is 15.0 Å². The van der Waals surface area contributed by atoms with E-state index in [1.165, 1.54) is 11.1 Å². The van der Waals surface area contributed by atoms with Crippen LogP contribution in [0.25, 0.3) is 0 Å². The Morgan fingerprint density at radius 3 is 2.90 bits per heavy atom. The summed E-state index contributed by atoms with van der Waals surface area (Å²) >= 11 is 0. The van der Waals surface area contributed by atoms with E-state index in [1.54, 1.807) is 0 Å². The molecule has 5 nitrogen and oxygen atoms in total. The molecule has 0 radical (unpaired) electrons. The van der Waals surface area contributed by atoms with Gasteiger partial charge in [0.15, 0.2) is 5.82 Å². The van der Waals surface area contributed by atoms with E-state index in [4.69, 9.17) is 4.52 Å². The van der Waals surface area contributed by atoms with Gasteiger partial charge < -0.3 is 9.63 Å². The van der Waals surface area contributed by atoms with Crippen LogP contribution in [0.2, 0.25) is 0 Å². The van der Waals surface area contributed by atoms with Crippen molar-refractivity contribution < 1.29 is 9.63 Å². The quantitative estimate of drug-likeness (QED) is 0.934. The molecule has 2 aromatic rings. The molecular formula is C16H21N3O2. The zero-order valence-corrected chi connectivity index (χ0v) is 12.5. The SMILES string of the molecule is CC(C)c1nc(CN2CCc3ccccc3C2CO)no1. The van der Waals surface area contributed by atoms with Crippen LogP contribution in [0.15, 0.2) is 28.8 Å². The van der Waals surface area contributed by atoms with Crippen LogP contribution in [-0.2, 0) is 13.0 Å². The fraction of sp³-hybridized carbons (Fsp3) is 0.500. The average Bonchev–Trinajstić information content (AvgIpc) is 2.96. The lowest BCUT2D eigenvalue weighted by Gasteiger charge is -2.35. The van der Waals surface area contributed by atoms with Gasteiger partial charge in [-0.3, -0.25) is 4.90 Å². The van der Waals surface area contributed by atoms with Gasteiger partial charge in [-0.25, -0.2) is 0 Å². The Kier molecular flexibility index (Phi) is 4.03. The van der Waals surface area contributed by atoms with Gasteiger partial charge in [-0.05, 0) is 17.5 Å². The molecule has 1 aromatic heterocycles. The van der Waals surface area contributed by atoms with Gasteiger partial charge in [-0.2, -0.15) is 4.98 Å². The van der Waals surface area contributed by atoms with Gasteiger partial charge in [0.25, 0.3) is 0 Å². The second kappa shape index (κ2) is 5.95. The van der Waals surface area contributed by atoms with Crippen LogP contribution in [0.5, 0.6) is 0 Å². The van der Waals surface area contributed by atoms with Crippen molar-refractivity contribution in [3.8, 4) is 0 Å². The van der Waals surface area contributed by atoms with Crippen molar-refractivity contribution in [1.29, 1.82) is 0 Å². The Morgan fingerprint density at radius 2 is 2.19 bits per heavy atom. The van der Waals surface area contributed by atoms with Crippen LogP contribution in [0.4, 0.5) is 0 Å². The number of nitrogens with zero attached hydrogens (tertiary/aromatic N) is 3. The van der Waals surface area contributed by atoms with Crippen molar-refractivity contribution in [2.45, 2.75) is 38.8 Å². The van der Waals surface area contributed by atoms with Crippen molar-refractivity contribution in [3.63, 3.8) is 0 Å². The zero-order chi connectivity index (χ0) is 14.8. The summed E-state index contributed by atoms with van der Waals surface area (Å²) in [7, 11) is 0. The van der Waals surface area contributed by atoms with Crippen molar-refractivity contribution in [2.75, 3.05) is 13.2 Å². The van der Waals surface area contributed by atoms with Crippen LogP contribution in [0.1, 0.15) is 48.6 Å². The van der Waals surface area contributed by atoms with Gasteiger partial charge in [0, 0.05) is 12.5 Å². The molecule has 0 saturated carbocycles. The number of aliphatic hydroxyl groups is 1. The molecule has 0 fully saturated rings. The molecule has 0 bridgehead atoms. The Labute approximate surface area is 124 Å². The van der Waals surface area contributed by atoms with E-state index in [-0.39, 0.29) is 18.6 Å². The summed E-state index contributed by atoms with van der Waals surface area (Å²) in [5.74, 6) is 1.60. The first-order chi connectivity index (χ1) is 10.2. The molecule has 1 atom stereocenters. The maximum atomic E-state index is 9.77. The molecule has 0 aliphatic carbocycles. The van der Waals surface area contributed by atoms with Gasteiger partial charge in [-0.1, -0.05) is 43.3 Å². The molecule has 3 rings (SSSR count). The van der Waals surface area contributed by atoms with Gasteiger partial charge in [0.1, 0.15) is 0 Å². The van der Waals surface area contributed by atoms with E-state index < -0.39 is 0 Å². The largest absolute Gasteiger partial charge is 0.394 e. The minimum atomic E-state index is 0.0101. The number of aliphatic hydroxyl groups excluding tert-OH is 1. The molecule has 1 aromatic carbocycles. The minimum Gasteiger partial charge on any atom is -0.394 e. The van der Waals surface area contributed by atoms with Gasteiger partial charge in [0.05, 0.1) is 19.2 Å². The molecule has 0 saturated heterocycles. The van der Waals surface area contributed by atoms with Crippen LogP contribution >= 0.6 is 0 Å². The number of hydrogen-bond donors (Lipinski definition) is 1. The second-order valence-electron chi connectivity index (χ2n) is 5.82. The van der Waals surface area contributed by atoms with E-state index in [0.29, 0.717) is 18.3 Å². The third-order valence-corrected chi connectivity index (χ3v) is 4.02. The number of rotatable bonds is 4. The molecule has 1 aliphatic rings. The van der Waals surface area contributed by atoms with Crippen LogP contribution in [0, 0.1) is 0 Å². The van der Waals surface area contributed by atoms with Crippen LogP contribution < -0.4 is 0 Å². The highest BCUT2D eigenvalue weighted by atomic mass is 16.5. The van der Waals surface area contributed by atoms with E-state index in [0.717, 1.165) is 13.0 Å². The predicted molar refractivity (Wildman–Crippen MR) is 78.8 cm³/mol. The lowest BCUT2D eigenvalue weighted by atomic mass is 9.93. The standard InChI is InChI=1S/C16H21N3O2/c1-11(2)16-17-15(18-21-16)9-19-8-7-12-5-3-4-6-13(12)14(19)10-20/h3-6,11,14,20H,7-10H2,1-2H3. The molecular weight excluding hydrogens is 266 g/mol. The molecule has 0 amide bonds. The molecule has 21 heavy (non-hydrogen) atoms. The van der Waals surface area contributed by atoms with E-state index in [9.17, 15) is 5.11 Å². The molecule has 1 aliphatic heterocycles. The molecule has 112 valence electrons. The fourth-order valence-electron chi connectivity index (χ4n) is 2.85. The van der Waals surface area contributed by atoms with Crippen LogP contribution in [0.3, 0.4) is 0 Å². The lowest BCUT2D eigenvalue weighted by molar-refractivity contribution is 0.105. The van der Waals surface area contributed by atoms with Gasteiger partial charge in [-0.15, -0.1) is 0 Å². The van der Waals surface area contributed by atoms with Crippen molar-refractivity contribution >= 4 is 0 Å². The molecule has 2 heterocycles. The Morgan fingerprint density at radius 1 is 1.38 bits per heavy atom. The monoisotopic (exact) mass is 287 g/mol. The van der Waals surface area contributed by atoms with Crippen molar-refractivity contribution in [2.24, 2.45) is 0 Å². The maximum absolute atomic E-state index is 9.77. The summed E-state index contributed by atoms with van der Waals surface area (Å²) in [6, 6.07) is 8.32. The van der Waals surface area contributed by atoms with E-state index in [1.807, 2.05) is 19.9 Å². The van der Waals surface area contributed by atoms with Crippen LogP contribution in [-0.4, -0.2) is 33.3 Å². The second-order valence-corrected chi connectivity index (χ2v) is 5.82.